The Hall–Kier alpha value is -4.60. The number of aliphatic hydroxyl groups is 1. The van der Waals surface area contributed by atoms with Crippen molar-refractivity contribution in [3.8, 4) is 11.5 Å². The highest BCUT2D eigenvalue weighted by molar-refractivity contribution is 6.19. The smallest absolute Gasteiger partial charge is 0.274 e. The van der Waals surface area contributed by atoms with E-state index >= 15 is 0 Å². The molecule has 2 aromatic heterocycles. The molecule has 0 fully saturated rings. The summed E-state index contributed by atoms with van der Waals surface area (Å²) in [5.41, 5.74) is 3.84. The molecule has 0 aliphatic carbocycles. The number of nitrogens with one attached hydrogen (secondary N) is 2. The predicted molar refractivity (Wildman–Crippen MR) is 172 cm³/mol. The van der Waals surface area contributed by atoms with Crippen molar-refractivity contribution in [2.45, 2.75) is 38.7 Å². The quantitative estimate of drug-likeness (QED) is 0.148. The second-order valence-corrected chi connectivity index (χ2v) is 12.1. The number of benzene rings is 3. The van der Waals surface area contributed by atoms with Crippen molar-refractivity contribution >= 4 is 56.6 Å². The number of aromatic nitrogens is 2. The number of pyridine rings is 1. The van der Waals surface area contributed by atoms with Gasteiger partial charge >= 0.3 is 0 Å². The maximum absolute atomic E-state index is 13.8. The van der Waals surface area contributed by atoms with Gasteiger partial charge in [0.1, 0.15) is 28.4 Å². The number of H-pyrrole nitrogens is 1. The maximum atomic E-state index is 13.8. The van der Waals surface area contributed by atoms with Crippen LogP contribution in [0.3, 0.4) is 0 Å². The molecule has 1 atom stereocenters. The average molecular weight is 613 g/mol. The monoisotopic (exact) mass is 612 g/mol. The highest BCUT2D eigenvalue weighted by atomic mass is 35.5. The van der Waals surface area contributed by atoms with Gasteiger partial charge in [-0.1, -0.05) is 18.2 Å². The van der Waals surface area contributed by atoms with E-state index in [0.717, 1.165) is 21.9 Å². The van der Waals surface area contributed by atoms with Gasteiger partial charge < -0.3 is 30.2 Å². The van der Waals surface area contributed by atoms with Crippen LogP contribution in [0, 0.1) is 6.92 Å². The van der Waals surface area contributed by atoms with Crippen molar-refractivity contribution in [1.29, 1.82) is 0 Å². The number of fused-ring (bicyclic) bond motifs is 4. The first kappa shape index (κ1) is 29.5. The molecule has 1 aliphatic rings. The van der Waals surface area contributed by atoms with E-state index in [-0.39, 0.29) is 30.1 Å². The lowest BCUT2D eigenvalue weighted by Crippen LogP contribution is -2.30. The van der Waals surface area contributed by atoms with Gasteiger partial charge in [0.25, 0.3) is 11.8 Å². The fourth-order valence-electron chi connectivity index (χ4n) is 5.88. The number of anilines is 2. The molecule has 10 heteroatoms. The van der Waals surface area contributed by atoms with E-state index in [2.05, 4.69) is 15.3 Å². The largest absolute Gasteiger partial charge is 0.507 e. The number of phenols is 1. The van der Waals surface area contributed by atoms with E-state index in [9.17, 15) is 19.8 Å². The van der Waals surface area contributed by atoms with E-state index in [1.165, 1.54) is 6.20 Å². The standard InChI is InChI=1S/C34H33ClN4O5/c1-19-5-4-6-25-28(41)15-27-30(29(19)25)22(16-35)18-39(27)33(43)26-14-21-13-23(17-36-31(21)38-26)37-32(42)20-7-9-24(10-8-20)44-34(2,3)11-12-40/h4-10,13-15,17,22,40-41H,11-12,16,18H2,1-3H3,(H,36,38)(H,37,42)/t22-/m1/s1. The van der Waals surface area contributed by atoms with Crippen molar-refractivity contribution in [1.82, 2.24) is 9.97 Å². The lowest BCUT2D eigenvalue weighted by atomic mass is 9.92. The van der Waals surface area contributed by atoms with Crippen LogP contribution >= 0.6 is 11.6 Å². The number of amides is 2. The van der Waals surface area contributed by atoms with Crippen molar-refractivity contribution < 1.29 is 24.5 Å². The minimum absolute atomic E-state index is 0.0189. The number of aliphatic hydroxyl groups excluding tert-OH is 1. The van der Waals surface area contributed by atoms with E-state index in [0.29, 0.717) is 58.3 Å². The van der Waals surface area contributed by atoms with Crippen LogP contribution in [-0.2, 0) is 0 Å². The number of nitrogens with zero attached hydrogens (tertiary/aromatic N) is 2. The SMILES string of the molecule is Cc1cccc2c(O)cc3c(c12)[C@H](CCl)CN3C(=O)c1cc2cc(NC(=O)c3ccc(OC(C)(C)CCO)cc3)cnc2[nH]1. The first-order chi connectivity index (χ1) is 21.1. The Kier molecular flexibility index (Phi) is 7.69. The van der Waals surface area contributed by atoms with Gasteiger partial charge in [0.15, 0.2) is 0 Å². The summed E-state index contributed by atoms with van der Waals surface area (Å²) in [5.74, 6) is 0.379. The first-order valence-electron chi connectivity index (χ1n) is 14.4. The van der Waals surface area contributed by atoms with Gasteiger partial charge in [0.2, 0.25) is 0 Å². The second kappa shape index (κ2) is 11.5. The van der Waals surface area contributed by atoms with E-state index in [4.69, 9.17) is 16.3 Å². The van der Waals surface area contributed by atoms with Crippen LogP contribution in [0.1, 0.15) is 58.2 Å². The minimum atomic E-state index is -0.532. The summed E-state index contributed by atoms with van der Waals surface area (Å²) >= 11 is 6.39. The zero-order valence-electron chi connectivity index (χ0n) is 24.6. The second-order valence-electron chi connectivity index (χ2n) is 11.8. The summed E-state index contributed by atoms with van der Waals surface area (Å²) in [6.45, 7) is 6.17. The maximum Gasteiger partial charge on any atom is 0.274 e. The van der Waals surface area contributed by atoms with Crippen molar-refractivity contribution in [2.24, 2.45) is 0 Å². The third kappa shape index (κ3) is 5.44. The Labute approximate surface area is 259 Å². The van der Waals surface area contributed by atoms with Gasteiger partial charge in [-0.3, -0.25) is 9.59 Å². The molecule has 0 saturated heterocycles. The Morgan fingerprint density at radius 2 is 1.93 bits per heavy atom. The summed E-state index contributed by atoms with van der Waals surface area (Å²) in [5, 5.41) is 25.2. The zero-order chi connectivity index (χ0) is 31.2. The number of carbonyl (C=O) groups excluding carboxylic acids is 2. The molecule has 6 rings (SSSR count). The Morgan fingerprint density at radius 3 is 2.66 bits per heavy atom. The fourth-order valence-corrected chi connectivity index (χ4v) is 6.13. The van der Waals surface area contributed by atoms with Gasteiger partial charge in [-0.2, -0.15) is 0 Å². The van der Waals surface area contributed by atoms with Crippen molar-refractivity contribution in [2.75, 3.05) is 29.2 Å². The van der Waals surface area contributed by atoms with Crippen LogP contribution in [0.15, 0.2) is 66.9 Å². The molecule has 1 aliphatic heterocycles. The van der Waals surface area contributed by atoms with Gasteiger partial charge in [0, 0.05) is 53.8 Å². The van der Waals surface area contributed by atoms with Crippen LogP contribution in [0.25, 0.3) is 21.8 Å². The van der Waals surface area contributed by atoms with Crippen LogP contribution in [0.5, 0.6) is 11.5 Å². The lowest BCUT2D eigenvalue weighted by Gasteiger charge is -2.25. The molecule has 0 bridgehead atoms. The highest BCUT2D eigenvalue weighted by Gasteiger charge is 2.36. The van der Waals surface area contributed by atoms with Crippen molar-refractivity contribution in [3.05, 3.63) is 89.2 Å². The molecule has 2 amide bonds. The van der Waals surface area contributed by atoms with Crippen LogP contribution in [-0.4, -0.2) is 56.6 Å². The summed E-state index contributed by atoms with van der Waals surface area (Å²) in [4.78, 5) is 36.0. The molecule has 0 unspecified atom stereocenters. The van der Waals surface area contributed by atoms with E-state index in [1.807, 2.05) is 39.0 Å². The number of halogens is 1. The Bertz CT molecular complexity index is 1900. The number of hydrogen-bond acceptors (Lipinski definition) is 6. The molecular weight excluding hydrogens is 580 g/mol. The third-order valence-corrected chi connectivity index (χ3v) is 8.46. The number of ether oxygens (including phenoxy) is 1. The number of rotatable bonds is 8. The summed E-state index contributed by atoms with van der Waals surface area (Å²) < 4.78 is 5.91. The zero-order valence-corrected chi connectivity index (χ0v) is 25.4. The van der Waals surface area contributed by atoms with E-state index < -0.39 is 5.60 Å². The molecule has 44 heavy (non-hydrogen) atoms. The number of aromatic amines is 1. The molecule has 9 nitrogen and oxygen atoms in total. The summed E-state index contributed by atoms with van der Waals surface area (Å²) in [6, 6.07) is 17.6. The lowest BCUT2D eigenvalue weighted by molar-refractivity contribution is 0.0765. The van der Waals surface area contributed by atoms with Crippen LogP contribution in [0.2, 0.25) is 0 Å². The Morgan fingerprint density at radius 1 is 1.16 bits per heavy atom. The topological polar surface area (TPSA) is 128 Å². The normalized spacial score (nSPS) is 14.7. The van der Waals surface area contributed by atoms with E-state index in [1.54, 1.807) is 47.4 Å². The molecule has 3 aromatic carbocycles. The highest BCUT2D eigenvalue weighted by Crippen LogP contribution is 2.46. The number of phenolic OH excluding ortho intramolecular Hbond substituents is 1. The van der Waals surface area contributed by atoms with Gasteiger partial charge in [-0.05, 0) is 73.7 Å². The number of aromatic hydroxyl groups is 1. The van der Waals surface area contributed by atoms with Crippen LogP contribution < -0.4 is 15.0 Å². The minimum Gasteiger partial charge on any atom is -0.507 e. The van der Waals surface area contributed by atoms with Gasteiger partial charge in [-0.25, -0.2) is 4.98 Å². The molecule has 0 saturated carbocycles. The first-order valence-corrected chi connectivity index (χ1v) is 14.9. The summed E-state index contributed by atoms with van der Waals surface area (Å²) in [6.07, 6.45) is 2.01. The molecule has 3 heterocycles. The van der Waals surface area contributed by atoms with Gasteiger partial charge in [-0.15, -0.1) is 11.6 Å². The molecule has 5 aromatic rings. The van der Waals surface area contributed by atoms with Crippen molar-refractivity contribution in [3.63, 3.8) is 0 Å². The third-order valence-electron chi connectivity index (χ3n) is 8.08. The average Bonchev–Trinajstić information content (AvgIpc) is 3.58. The molecule has 0 spiro atoms. The molecule has 226 valence electrons. The van der Waals surface area contributed by atoms with Gasteiger partial charge in [0.05, 0.1) is 17.6 Å². The number of aryl methyl sites for hydroxylation is 1. The van der Waals surface area contributed by atoms with Crippen LogP contribution in [0.4, 0.5) is 11.4 Å². The molecular formula is C34H33ClN4O5. The summed E-state index contributed by atoms with van der Waals surface area (Å²) in [7, 11) is 0. The Balaban J connectivity index is 1.22. The number of carbonyl (C=O) groups is 2. The molecule has 0 radical (unpaired) electrons. The number of alkyl halides is 1. The number of hydrogen-bond donors (Lipinski definition) is 4. The predicted octanol–water partition coefficient (Wildman–Crippen LogP) is 6.51. The fraction of sp³-hybridized carbons (Fsp3) is 0.265. The molecule has 4 N–H and O–H groups in total.